The molecule has 0 aliphatic rings. The molecular weight excluding hydrogens is 188 g/mol. The van der Waals surface area contributed by atoms with E-state index in [-0.39, 0.29) is 12.4 Å². The van der Waals surface area contributed by atoms with Crippen LogP contribution >= 0.6 is 0 Å². The molecule has 0 spiro atoms. The second-order valence-corrected chi connectivity index (χ2v) is 3.07. The quantitative estimate of drug-likeness (QED) is 0.685. The Morgan fingerprint density at radius 1 is 1.33 bits per heavy atom. The zero-order valence-electron chi connectivity index (χ0n) is 8.82. The highest BCUT2D eigenvalue weighted by molar-refractivity contribution is 5.80. The fourth-order valence-corrected chi connectivity index (χ4v) is 1.08. The molecule has 0 heterocycles. The Balaban J connectivity index is 2.24. The molecule has 0 unspecified atom stereocenters. The van der Waals surface area contributed by atoms with E-state index in [1.54, 1.807) is 6.92 Å². The second-order valence-electron chi connectivity index (χ2n) is 3.07. The maximum absolute atomic E-state index is 11.3. The SMILES string of the molecule is CC#CCCC(=O)COc1ccccc1. The summed E-state index contributed by atoms with van der Waals surface area (Å²) in [5, 5.41) is 0. The molecule has 0 fully saturated rings. The Labute approximate surface area is 90.3 Å². The minimum Gasteiger partial charge on any atom is -0.486 e. The van der Waals surface area contributed by atoms with Crippen LogP contribution in [-0.2, 0) is 4.79 Å². The van der Waals surface area contributed by atoms with Gasteiger partial charge in [0.05, 0.1) is 0 Å². The molecule has 0 aliphatic carbocycles. The Morgan fingerprint density at radius 3 is 2.73 bits per heavy atom. The van der Waals surface area contributed by atoms with Gasteiger partial charge in [-0.25, -0.2) is 0 Å². The van der Waals surface area contributed by atoms with Crippen LogP contribution in [0.25, 0.3) is 0 Å². The summed E-state index contributed by atoms with van der Waals surface area (Å²) in [7, 11) is 0. The van der Waals surface area contributed by atoms with Crippen LogP contribution < -0.4 is 4.74 Å². The minimum atomic E-state index is 0.0848. The summed E-state index contributed by atoms with van der Waals surface area (Å²) in [5.41, 5.74) is 0. The van der Waals surface area contributed by atoms with Crippen molar-refractivity contribution in [3.63, 3.8) is 0 Å². The van der Waals surface area contributed by atoms with E-state index in [9.17, 15) is 4.79 Å². The van der Waals surface area contributed by atoms with Crippen molar-refractivity contribution < 1.29 is 9.53 Å². The molecule has 0 saturated carbocycles. The van der Waals surface area contributed by atoms with Crippen LogP contribution in [0.3, 0.4) is 0 Å². The summed E-state index contributed by atoms with van der Waals surface area (Å²) in [6.45, 7) is 1.90. The number of para-hydroxylation sites is 1. The number of carbonyl (C=O) groups excluding carboxylic acids is 1. The molecule has 0 saturated heterocycles. The number of ketones is 1. The molecule has 15 heavy (non-hydrogen) atoms. The van der Waals surface area contributed by atoms with Gasteiger partial charge in [-0.2, -0.15) is 0 Å². The molecule has 78 valence electrons. The Kier molecular flexibility index (Phi) is 5.03. The van der Waals surface area contributed by atoms with Gasteiger partial charge in [0.2, 0.25) is 0 Å². The monoisotopic (exact) mass is 202 g/mol. The second kappa shape index (κ2) is 6.67. The number of benzene rings is 1. The lowest BCUT2D eigenvalue weighted by Crippen LogP contribution is -2.10. The van der Waals surface area contributed by atoms with Crippen LogP contribution in [-0.4, -0.2) is 12.4 Å². The topological polar surface area (TPSA) is 26.3 Å². The van der Waals surface area contributed by atoms with Crippen molar-refractivity contribution in [2.75, 3.05) is 6.61 Å². The molecule has 1 aromatic rings. The third-order valence-electron chi connectivity index (χ3n) is 1.85. The highest BCUT2D eigenvalue weighted by atomic mass is 16.5. The van der Waals surface area contributed by atoms with Crippen molar-refractivity contribution >= 4 is 5.78 Å². The molecule has 0 amide bonds. The standard InChI is InChI=1S/C13H14O2/c1-2-3-5-8-12(14)11-15-13-9-6-4-7-10-13/h4,6-7,9-10H,5,8,11H2,1H3. The highest BCUT2D eigenvalue weighted by Gasteiger charge is 2.01. The van der Waals surface area contributed by atoms with E-state index >= 15 is 0 Å². The zero-order chi connectivity index (χ0) is 10.9. The first-order valence-corrected chi connectivity index (χ1v) is 4.92. The number of hydrogen-bond donors (Lipinski definition) is 0. The van der Waals surface area contributed by atoms with Crippen molar-refractivity contribution in [1.82, 2.24) is 0 Å². The molecule has 0 bridgehead atoms. The first kappa shape index (κ1) is 11.3. The molecule has 1 rings (SSSR count). The lowest BCUT2D eigenvalue weighted by molar-refractivity contribution is -0.120. The summed E-state index contributed by atoms with van der Waals surface area (Å²) >= 11 is 0. The number of ether oxygens (including phenoxy) is 1. The molecule has 0 aliphatic heterocycles. The Morgan fingerprint density at radius 2 is 2.07 bits per heavy atom. The lowest BCUT2D eigenvalue weighted by atomic mass is 10.2. The summed E-state index contributed by atoms with van der Waals surface area (Å²) in [6, 6.07) is 9.33. The molecule has 0 N–H and O–H groups in total. The molecular formula is C13H14O2. The number of carbonyl (C=O) groups is 1. The van der Waals surface area contributed by atoms with Crippen LogP contribution in [0.1, 0.15) is 19.8 Å². The maximum Gasteiger partial charge on any atom is 0.171 e. The predicted octanol–water partition coefficient (Wildman–Crippen LogP) is 2.44. The van der Waals surface area contributed by atoms with Crippen LogP contribution in [0.2, 0.25) is 0 Å². The first-order valence-electron chi connectivity index (χ1n) is 4.92. The maximum atomic E-state index is 11.3. The van der Waals surface area contributed by atoms with E-state index in [4.69, 9.17) is 4.74 Å². The summed E-state index contributed by atoms with van der Waals surface area (Å²) < 4.78 is 5.30. The van der Waals surface area contributed by atoms with Gasteiger partial charge in [0, 0.05) is 12.8 Å². The molecule has 0 aromatic heterocycles. The Hall–Kier alpha value is -1.75. The van der Waals surface area contributed by atoms with E-state index in [1.807, 2.05) is 30.3 Å². The van der Waals surface area contributed by atoms with Gasteiger partial charge < -0.3 is 4.74 Å². The van der Waals surface area contributed by atoms with Crippen molar-refractivity contribution in [2.45, 2.75) is 19.8 Å². The highest BCUT2D eigenvalue weighted by Crippen LogP contribution is 2.08. The molecule has 2 heteroatoms. The van der Waals surface area contributed by atoms with E-state index in [0.717, 1.165) is 5.75 Å². The third kappa shape index (κ3) is 4.87. The number of rotatable bonds is 5. The van der Waals surface area contributed by atoms with Gasteiger partial charge >= 0.3 is 0 Å². The largest absolute Gasteiger partial charge is 0.486 e. The number of Topliss-reactive ketones (excluding diaryl/α,β-unsaturated/α-hetero) is 1. The first-order chi connectivity index (χ1) is 7.33. The normalized spacial score (nSPS) is 8.87. The van der Waals surface area contributed by atoms with Crippen LogP contribution in [0, 0.1) is 11.8 Å². The van der Waals surface area contributed by atoms with Crippen molar-refractivity contribution in [2.24, 2.45) is 0 Å². The zero-order valence-corrected chi connectivity index (χ0v) is 8.82. The van der Waals surface area contributed by atoms with E-state index in [0.29, 0.717) is 12.8 Å². The summed E-state index contributed by atoms with van der Waals surface area (Å²) in [4.78, 5) is 11.3. The van der Waals surface area contributed by atoms with Crippen molar-refractivity contribution in [1.29, 1.82) is 0 Å². The van der Waals surface area contributed by atoms with Gasteiger partial charge in [-0.15, -0.1) is 11.8 Å². The van der Waals surface area contributed by atoms with Gasteiger partial charge in [0.25, 0.3) is 0 Å². The molecule has 1 aromatic carbocycles. The minimum absolute atomic E-state index is 0.0848. The van der Waals surface area contributed by atoms with Gasteiger partial charge in [-0.1, -0.05) is 18.2 Å². The average Bonchev–Trinajstić information content (AvgIpc) is 2.28. The Bertz CT molecular complexity index is 357. The molecule has 0 radical (unpaired) electrons. The van der Waals surface area contributed by atoms with Crippen molar-refractivity contribution in [3.8, 4) is 17.6 Å². The van der Waals surface area contributed by atoms with Crippen LogP contribution in [0.5, 0.6) is 5.75 Å². The third-order valence-corrected chi connectivity index (χ3v) is 1.85. The van der Waals surface area contributed by atoms with E-state index in [2.05, 4.69) is 11.8 Å². The molecule has 2 nitrogen and oxygen atoms in total. The van der Waals surface area contributed by atoms with Crippen molar-refractivity contribution in [3.05, 3.63) is 30.3 Å². The number of hydrogen-bond acceptors (Lipinski definition) is 2. The van der Waals surface area contributed by atoms with E-state index in [1.165, 1.54) is 0 Å². The lowest BCUT2D eigenvalue weighted by Gasteiger charge is -2.03. The van der Waals surface area contributed by atoms with Gasteiger partial charge in [0.15, 0.2) is 5.78 Å². The summed E-state index contributed by atoms with van der Waals surface area (Å²) in [6.07, 6.45) is 1.08. The smallest absolute Gasteiger partial charge is 0.171 e. The predicted molar refractivity (Wildman–Crippen MR) is 59.6 cm³/mol. The van der Waals surface area contributed by atoms with Crippen LogP contribution in [0.4, 0.5) is 0 Å². The fourth-order valence-electron chi connectivity index (χ4n) is 1.08. The van der Waals surface area contributed by atoms with E-state index < -0.39 is 0 Å². The average molecular weight is 202 g/mol. The molecule has 0 atom stereocenters. The fraction of sp³-hybridized carbons (Fsp3) is 0.308. The van der Waals surface area contributed by atoms with Crippen LogP contribution in [0.15, 0.2) is 30.3 Å². The summed E-state index contributed by atoms with van der Waals surface area (Å²) in [5.74, 6) is 6.42. The van der Waals surface area contributed by atoms with Gasteiger partial charge in [-0.05, 0) is 19.1 Å². The van der Waals surface area contributed by atoms with Gasteiger partial charge in [0.1, 0.15) is 12.4 Å². The van der Waals surface area contributed by atoms with Gasteiger partial charge in [-0.3, -0.25) is 4.79 Å².